The molecule has 3 aromatic rings. The van der Waals surface area contributed by atoms with E-state index >= 15 is 0 Å². The van der Waals surface area contributed by atoms with Crippen LogP contribution in [0.1, 0.15) is 11.4 Å². The molecule has 3 rings (SSSR count). The van der Waals surface area contributed by atoms with Gasteiger partial charge in [-0.15, -0.1) is 0 Å². The van der Waals surface area contributed by atoms with Crippen molar-refractivity contribution < 1.29 is 0 Å². The summed E-state index contributed by atoms with van der Waals surface area (Å²) in [6.07, 6.45) is 5.79. The first-order valence-corrected chi connectivity index (χ1v) is 6.08. The fourth-order valence-corrected chi connectivity index (χ4v) is 2.16. The normalized spacial score (nSPS) is 10.9. The number of rotatable bonds is 3. The van der Waals surface area contributed by atoms with E-state index in [4.69, 9.17) is 5.73 Å². The number of benzene rings is 1. The summed E-state index contributed by atoms with van der Waals surface area (Å²) < 4.78 is 2.10. The van der Waals surface area contributed by atoms with Crippen LogP contribution in [-0.2, 0) is 12.8 Å². The third-order valence-corrected chi connectivity index (χ3v) is 3.11. The molecule has 18 heavy (non-hydrogen) atoms. The Morgan fingerprint density at radius 3 is 2.72 bits per heavy atom. The van der Waals surface area contributed by atoms with Crippen molar-refractivity contribution in [2.45, 2.75) is 12.8 Å². The lowest BCUT2D eigenvalue weighted by molar-refractivity contribution is 0.854. The number of aryl methyl sites for hydroxylation is 2. The Kier molecular flexibility index (Phi) is 2.73. The van der Waals surface area contributed by atoms with E-state index in [0.717, 1.165) is 29.9 Å². The van der Waals surface area contributed by atoms with Crippen molar-refractivity contribution >= 4 is 11.2 Å². The maximum absolute atomic E-state index is 5.76. The molecular formula is C15H15N3. The number of nitrogens with two attached hydrogens (primary N) is 1. The van der Waals surface area contributed by atoms with Crippen molar-refractivity contribution in [3.8, 4) is 0 Å². The minimum Gasteiger partial charge on any atom is -0.399 e. The quantitative estimate of drug-likeness (QED) is 0.761. The largest absolute Gasteiger partial charge is 0.399 e. The van der Waals surface area contributed by atoms with Crippen molar-refractivity contribution in [1.82, 2.24) is 9.38 Å². The van der Waals surface area contributed by atoms with Gasteiger partial charge in [-0.1, -0.05) is 30.3 Å². The Labute approximate surface area is 106 Å². The van der Waals surface area contributed by atoms with Crippen molar-refractivity contribution in [2.24, 2.45) is 0 Å². The molecule has 0 bridgehead atoms. The topological polar surface area (TPSA) is 43.3 Å². The fourth-order valence-electron chi connectivity index (χ4n) is 2.16. The molecule has 0 aliphatic rings. The molecule has 2 heterocycles. The molecule has 0 saturated heterocycles. The van der Waals surface area contributed by atoms with Crippen molar-refractivity contribution in [3.63, 3.8) is 0 Å². The Hall–Kier alpha value is -2.29. The van der Waals surface area contributed by atoms with Crippen molar-refractivity contribution in [2.75, 3.05) is 5.73 Å². The molecule has 0 aliphatic carbocycles. The number of imidazole rings is 1. The van der Waals surface area contributed by atoms with Crippen LogP contribution in [0, 0.1) is 0 Å². The van der Waals surface area contributed by atoms with E-state index in [1.54, 1.807) is 0 Å². The summed E-state index contributed by atoms with van der Waals surface area (Å²) in [5.41, 5.74) is 8.92. The van der Waals surface area contributed by atoms with Gasteiger partial charge in [-0.25, -0.2) is 4.98 Å². The van der Waals surface area contributed by atoms with Crippen LogP contribution >= 0.6 is 0 Å². The van der Waals surface area contributed by atoms with E-state index in [1.165, 1.54) is 5.56 Å². The van der Waals surface area contributed by atoms with Crippen LogP contribution in [0.5, 0.6) is 0 Å². The fraction of sp³-hybridized carbons (Fsp3) is 0.133. The summed E-state index contributed by atoms with van der Waals surface area (Å²) in [6, 6.07) is 14.3. The number of aromatic nitrogens is 2. The Morgan fingerprint density at radius 1 is 1.06 bits per heavy atom. The van der Waals surface area contributed by atoms with Gasteiger partial charge in [0.1, 0.15) is 5.82 Å². The highest BCUT2D eigenvalue weighted by Gasteiger charge is 2.03. The highest BCUT2D eigenvalue weighted by Crippen LogP contribution is 2.13. The van der Waals surface area contributed by atoms with Gasteiger partial charge in [0, 0.05) is 18.3 Å². The molecule has 3 heteroatoms. The Bertz CT molecular complexity index is 656. The van der Waals surface area contributed by atoms with E-state index in [9.17, 15) is 0 Å². The van der Waals surface area contributed by atoms with Gasteiger partial charge in [0.25, 0.3) is 0 Å². The predicted octanol–water partition coefficient (Wildman–Crippen LogP) is 2.70. The van der Waals surface area contributed by atoms with Gasteiger partial charge < -0.3 is 10.1 Å². The summed E-state index contributed by atoms with van der Waals surface area (Å²) in [4.78, 5) is 4.46. The maximum Gasteiger partial charge on any atom is 0.113 e. The number of nitrogens with zero attached hydrogens (tertiary/aromatic N) is 2. The molecule has 0 amide bonds. The molecule has 0 atom stereocenters. The van der Waals surface area contributed by atoms with Gasteiger partial charge in [0.2, 0.25) is 0 Å². The Balaban J connectivity index is 1.83. The lowest BCUT2D eigenvalue weighted by Gasteiger charge is -2.02. The molecule has 2 aromatic heterocycles. The van der Waals surface area contributed by atoms with Gasteiger partial charge in [-0.3, -0.25) is 0 Å². The van der Waals surface area contributed by atoms with Crippen LogP contribution in [0.3, 0.4) is 0 Å². The van der Waals surface area contributed by atoms with E-state index in [0.29, 0.717) is 0 Å². The first-order chi connectivity index (χ1) is 8.83. The number of hydrogen-bond donors (Lipinski definition) is 1. The minimum atomic E-state index is 0.775. The van der Waals surface area contributed by atoms with Gasteiger partial charge in [0.05, 0.1) is 11.7 Å². The van der Waals surface area contributed by atoms with E-state index in [-0.39, 0.29) is 0 Å². The Morgan fingerprint density at radius 2 is 1.89 bits per heavy atom. The minimum absolute atomic E-state index is 0.775. The molecule has 90 valence electrons. The van der Waals surface area contributed by atoms with Crippen LogP contribution in [0.15, 0.2) is 54.9 Å². The van der Waals surface area contributed by atoms with E-state index in [2.05, 4.69) is 33.7 Å². The van der Waals surface area contributed by atoms with Crippen LogP contribution < -0.4 is 5.73 Å². The van der Waals surface area contributed by atoms with Gasteiger partial charge in [0.15, 0.2) is 0 Å². The number of hydrogen-bond acceptors (Lipinski definition) is 2. The molecular weight excluding hydrogens is 222 g/mol. The summed E-state index contributed by atoms with van der Waals surface area (Å²) in [5, 5.41) is 0. The number of pyridine rings is 1. The second-order valence-corrected chi connectivity index (χ2v) is 4.41. The summed E-state index contributed by atoms with van der Waals surface area (Å²) in [6.45, 7) is 0. The van der Waals surface area contributed by atoms with Crippen molar-refractivity contribution in [1.29, 1.82) is 0 Å². The molecule has 0 spiro atoms. The number of anilines is 1. The smallest absolute Gasteiger partial charge is 0.113 e. The monoisotopic (exact) mass is 237 g/mol. The predicted molar refractivity (Wildman–Crippen MR) is 73.5 cm³/mol. The van der Waals surface area contributed by atoms with Crippen LogP contribution in [0.4, 0.5) is 5.69 Å². The summed E-state index contributed by atoms with van der Waals surface area (Å²) in [7, 11) is 0. The zero-order chi connectivity index (χ0) is 12.4. The average molecular weight is 237 g/mol. The summed E-state index contributed by atoms with van der Waals surface area (Å²) >= 11 is 0. The van der Waals surface area contributed by atoms with Crippen LogP contribution in [-0.4, -0.2) is 9.38 Å². The number of fused-ring (bicyclic) bond motifs is 1. The van der Waals surface area contributed by atoms with Crippen LogP contribution in [0.25, 0.3) is 5.52 Å². The lowest BCUT2D eigenvalue weighted by atomic mass is 10.1. The molecule has 3 nitrogen and oxygen atoms in total. The third-order valence-electron chi connectivity index (χ3n) is 3.11. The first-order valence-electron chi connectivity index (χ1n) is 6.08. The van der Waals surface area contributed by atoms with Gasteiger partial charge >= 0.3 is 0 Å². The molecule has 0 aliphatic heterocycles. The van der Waals surface area contributed by atoms with E-state index < -0.39 is 0 Å². The molecule has 2 N–H and O–H groups in total. The highest BCUT2D eigenvalue weighted by molar-refractivity contribution is 5.55. The summed E-state index contributed by atoms with van der Waals surface area (Å²) in [5.74, 6) is 1.08. The molecule has 0 unspecified atom stereocenters. The third kappa shape index (κ3) is 2.07. The molecule has 0 saturated carbocycles. The molecule has 0 fully saturated rings. The molecule has 1 aromatic carbocycles. The second-order valence-electron chi connectivity index (χ2n) is 4.41. The van der Waals surface area contributed by atoms with Crippen molar-refractivity contribution in [3.05, 3.63) is 66.2 Å². The van der Waals surface area contributed by atoms with Gasteiger partial charge in [-0.05, 0) is 24.1 Å². The zero-order valence-corrected chi connectivity index (χ0v) is 10.1. The SMILES string of the molecule is Nc1ccn2c(CCc3ccccc3)ncc2c1. The van der Waals surface area contributed by atoms with E-state index in [1.807, 2.05) is 30.6 Å². The molecule has 0 radical (unpaired) electrons. The maximum atomic E-state index is 5.76. The number of nitrogen functional groups attached to an aromatic ring is 1. The lowest BCUT2D eigenvalue weighted by Crippen LogP contribution is -1.98. The first kappa shape index (κ1) is 10.8. The standard InChI is InChI=1S/C15H15N3/c16-13-8-9-18-14(10-13)11-17-15(18)7-6-12-4-2-1-3-5-12/h1-5,8-11H,6-7,16H2. The van der Waals surface area contributed by atoms with Crippen LogP contribution in [0.2, 0.25) is 0 Å². The zero-order valence-electron chi connectivity index (χ0n) is 10.1. The highest BCUT2D eigenvalue weighted by atomic mass is 15.0. The van der Waals surface area contributed by atoms with Gasteiger partial charge in [-0.2, -0.15) is 0 Å². The average Bonchev–Trinajstić information content (AvgIpc) is 2.80. The second kappa shape index (κ2) is 4.53.